The molecule has 0 radical (unpaired) electrons. The normalized spacial score (nSPS) is 10.1. The second-order valence-corrected chi connectivity index (χ2v) is 3.87. The molecule has 2 rings (SSSR count). The lowest BCUT2D eigenvalue weighted by Gasteiger charge is -2.04. The molecule has 80 valence electrons. The smallest absolute Gasteiger partial charge is 0.218 e. The summed E-state index contributed by atoms with van der Waals surface area (Å²) >= 11 is 3.84. The van der Waals surface area contributed by atoms with Gasteiger partial charge in [0.05, 0.1) is 11.3 Å². The molecule has 1 heterocycles. The van der Waals surface area contributed by atoms with Gasteiger partial charge in [-0.3, -0.25) is 9.78 Å². The molecule has 0 aliphatic heterocycles. The van der Waals surface area contributed by atoms with Crippen LogP contribution in [0, 0.1) is 0 Å². The van der Waals surface area contributed by atoms with Crippen LogP contribution in [-0.4, -0.2) is 10.1 Å². The summed E-state index contributed by atoms with van der Waals surface area (Å²) in [5.41, 5.74) is 2.49. The number of hydrogen-bond acceptors (Lipinski definition) is 2. The number of aromatic nitrogens is 1. The average molecular weight is 229 g/mol. The first-order valence-corrected chi connectivity index (χ1v) is 5.43. The summed E-state index contributed by atoms with van der Waals surface area (Å²) in [6.07, 6.45) is 2.35. The molecule has 0 atom stereocenters. The van der Waals surface area contributed by atoms with E-state index in [2.05, 4.69) is 17.6 Å². The summed E-state index contributed by atoms with van der Waals surface area (Å²) in [6.45, 7) is 0. The van der Waals surface area contributed by atoms with Crippen LogP contribution in [0.3, 0.4) is 0 Å². The number of nitrogens with zero attached hydrogens (tertiary/aromatic N) is 1. The van der Waals surface area contributed by atoms with Crippen LogP contribution in [0.1, 0.15) is 21.6 Å². The summed E-state index contributed by atoms with van der Waals surface area (Å²) in [4.78, 5) is 15.5. The van der Waals surface area contributed by atoms with Crippen LogP contribution < -0.4 is 0 Å². The zero-order valence-electron chi connectivity index (χ0n) is 8.63. The van der Waals surface area contributed by atoms with Gasteiger partial charge < -0.3 is 0 Å². The Balaban J connectivity index is 2.31. The lowest BCUT2D eigenvalue weighted by atomic mass is 10.1. The fourth-order valence-corrected chi connectivity index (χ4v) is 1.77. The lowest BCUT2D eigenvalue weighted by Crippen LogP contribution is -2.01. The van der Waals surface area contributed by atoms with Gasteiger partial charge in [-0.15, -0.1) is 12.6 Å². The van der Waals surface area contributed by atoms with Gasteiger partial charge in [0.15, 0.2) is 0 Å². The van der Waals surface area contributed by atoms with Gasteiger partial charge in [0, 0.05) is 12.6 Å². The summed E-state index contributed by atoms with van der Waals surface area (Å²) in [5.74, 6) is 0. The zero-order valence-corrected chi connectivity index (χ0v) is 9.52. The Bertz CT molecular complexity index is 496. The number of carbonyl (C=O) groups excluding carboxylic acids is 1. The van der Waals surface area contributed by atoms with E-state index < -0.39 is 0 Å². The average Bonchev–Trinajstić information content (AvgIpc) is 2.31. The molecule has 0 amide bonds. The molecule has 1 aromatic carbocycles. The number of carbonyl (C=O) groups is 1. The van der Waals surface area contributed by atoms with Crippen molar-refractivity contribution in [2.45, 2.75) is 6.42 Å². The first-order chi connectivity index (χ1) is 7.77. The molecule has 2 nitrogen and oxygen atoms in total. The van der Waals surface area contributed by atoms with E-state index in [0.29, 0.717) is 12.0 Å². The highest BCUT2D eigenvalue weighted by Gasteiger charge is 2.08. The van der Waals surface area contributed by atoms with Gasteiger partial charge in [-0.1, -0.05) is 30.3 Å². The number of pyridine rings is 1. The largest absolute Gasteiger partial charge is 0.282 e. The van der Waals surface area contributed by atoms with E-state index >= 15 is 0 Å². The molecule has 0 saturated heterocycles. The molecule has 2 aromatic rings. The van der Waals surface area contributed by atoms with Crippen molar-refractivity contribution < 1.29 is 4.79 Å². The molecular formula is C13H11NOS. The fourth-order valence-electron chi connectivity index (χ4n) is 1.56. The van der Waals surface area contributed by atoms with Crippen LogP contribution >= 0.6 is 12.6 Å². The highest BCUT2D eigenvalue weighted by molar-refractivity contribution is 7.97. The maximum atomic E-state index is 11.3. The van der Waals surface area contributed by atoms with Gasteiger partial charge in [0.2, 0.25) is 5.12 Å². The van der Waals surface area contributed by atoms with Crippen molar-refractivity contribution >= 4 is 17.7 Å². The minimum atomic E-state index is -0.237. The van der Waals surface area contributed by atoms with Gasteiger partial charge in [0.1, 0.15) is 0 Å². The monoisotopic (exact) mass is 229 g/mol. The van der Waals surface area contributed by atoms with Crippen molar-refractivity contribution in [1.29, 1.82) is 0 Å². The van der Waals surface area contributed by atoms with Crippen molar-refractivity contribution in [1.82, 2.24) is 4.98 Å². The third-order valence-corrected chi connectivity index (χ3v) is 2.58. The van der Waals surface area contributed by atoms with E-state index in [0.717, 1.165) is 11.3 Å². The van der Waals surface area contributed by atoms with Crippen LogP contribution in [0.5, 0.6) is 0 Å². The minimum Gasteiger partial charge on any atom is -0.282 e. The van der Waals surface area contributed by atoms with Crippen molar-refractivity contribution in [3.05, 3.63) is 65.5 Å². The standard InChI is InChI=1S/C13H11NOS/c15-13(16)11-7-4-8-14-12(11)9-10-5-2-1-3-6-10/h1-8H,9H2,(H,15,16). The second-order valence-electron chi connectivity index (χ2n) is 3.47. The number of benzene rings is 1. The van der Waals surface area contributed by atoms with Crippen LogP contribution in [0.2, 0.25) is 0 Å². The van der Waals surface area contributed by atoms with E-state index in [1.54, 1.807) is 18.3 Å². The molecule has 1 aromatic heterocycles. The van der Waals surface area contributed by atoms with Gasteiger partial charge in [-0.05, 0) is 17.7 Å². The molecule has 0 aliphatic carbocycles. The number of thiol groups is 1. The number of rotatable bonds is 3. The maximum Gasteiger partial charge on any atom is 0.218 e. The number of hydrogen-bond donors (Lipinski definition) is 1. The van der Waals surface area contributed by atoms with Crippen molar-refractivity contribution in [3.8, 4) is 0 Å². The minimum absolute atomic E-state index is 0.237. The van der Waals surface area contributed by atoms with E-state index in [9.17, 15) is 4.79 Å². The third-order valence-electron chi connectivity index (χ3n) is 2.34. The molecule has 0 spiro atoms. The molecule has 16 heavy (non-hydrogen) atoms. The highest BCUT2D eigenvalue weighted by Crippen LogP contribution is 2.13. The Morgan fingerprint density at radius 1 is 1.12 bits per heavy atom. The Morgan fingerprint density at radius 3 is 2.56 bits per heavy atom. The summed E-state index contributed by atoms with van der Waals surface area (Å²) in [7, 11) is 0. The fraction of sp³-hybridized carbons (Fsp3) is 0.0769. The molecule has 0 unspecified atom stereocenters. The van der Waals surface area contributed by atoms with Crippen LogP contribution in [0.25, 0.3) is 0 Å². The van der Waals surface area contributed by atoms with Gasteiger partial charge in [-0.2, -0.15) is 0 Å². The topological polar surface area (TPSA) is 30.0 Å². The Kier molecular flexibility index (Phi) is 3.37. The Morgan fingerprint density at radius 2 is 1.88 bits per heavy atom. The predicted molar refractivity (Wildman–Crippen MR) is 66.8 cm³/mol. The van der Waals surface area contributed by atoms with Gasteiger partial charge in [-0.25, -0.2) is 0 Å². The summed E-state index contributed by atoms with van der Waals surface area (Å²) in [5, 5.41) is -0.237. The Labute approximate surface area is 99.8 Å². The van der Waals surface area contributed by atoms with E-state index in [4.69, 9.17) is 0 Å². The molecule has 0 bridgehead atoms. The van der Waals surface area contributed by atoms with Crippen LogP contribution in [-0.2, 0) is 6.42 Å². The molecular weight excluding hydrogens is 218 g/mol. The van der Waals surface area contributed by atoms with Crippen LogP contribution in [0.15, 0.2) is 48.7 Å². The first kappa shape index (κ1) is 10.9. The van der Waals surface area contributed by atoms with Crippen molar-refractivity contribution in [3.63, 3.8) is 0 Å². The van der Waals surface area contributed by atoms with Gasteiger partial charge >= 0.3 is 0 Å². The molecule has 0 N–H and O–H groups in total. The van der Waals surface area contributed by atoms with E-state index in [-0.39, 0.29) is 5.12 Å². The van der Waals surface area contributed by atoms with E-state index in [1.165, 1.54) is 0 Å². The molecule has 0 saturated carbocycles. The first-order valence-electron chi connectivity index (χ1n) is 4.98. The van der Waals surface area contributed by atoms with Crippen LogP contribution in [0.4, 0.5) is 0 Å². The van der Waals surface area contributed by atoms with E-state index in [1.807, 2.05) is 30.3 Å². The highest BCUT2D eigenvalue weighted by atomic mass is 32.1. The quantitative estimate of drug-likeness (QED) is 0.820. The zero-order chi connectivity index (χ0) is 11.4. The third kappa shape index (κ3) is 2.49. The Hall–Kier alpha value is -1.61. The molecule has 0 aliphatic rings. The van der Waals surface area contributed by atoms with Crippen molar-refractivity contribution in [2.75, 3.05) is 0 Å². The van der Waals surface area contributed by atoms with Gasteiger partial charge in [0.25, 0.3) is 0 Å². The maximum absolute atomic E-state index is 11.3. The van der Waals surface area contributed by atoms with Crippen molar-refractivity contribution in [2.24, 2.45) is 0 Å². The molecule has 0 fully saturated rings. The summed E-state index contributed by atoms with van der Waals surface area (Å²) < 4.78 is 0. The molecule has 3 heteroatoms. The lowest BCUT2D eigenvalue weighted by molar-refractivity contribution is 0.109. The SMILES string of the molecule is O=C(S)c1cccnc1Cc1ccccc1. The summed E-state index contributed by atoms with van der Waals surface area (Å²) in [6, 6.07) is 13.4. The second kappa shape index (κ2) is 4.94. The predicted octanol–water partition coefficient (Wildman–Crippen LogP) is 2.74.